The molecule has 45 heavy (non-hydrogen) atoms. The van der Waals surface area contributed by atoms with Gasteiger partial charge in [0.15, 0.2) is 6.29 Å². The maximum atomic E-state index is 12.8. The van der Waals surface area contributed by atoms with Gasteiger partial charge < -0.3 is 24.6 Å². The van der Waals surface area contributed by atoms with Crippen LogP contribution in [0.3, 0.4) is 0 Å². The summed E-state index contributed by atoms with van der Waals surface area (Å²) in [6.45, 7) is 9.38. The van der Waals surface area contributed by atoms with Crippen LogP contribution in [-0.4, -0.2) is 88.1 Å². The summed E-state index contributed by atoms with van der Waals surface area (Å²) in [6, 6.07) is 15.7. The SMILES string of the molecule is CCCN(CCC)CCC1C(c2ccc(N(CC3=[N+]=CN3)Cc3ncc[nH]3)cc2)N1CCC(=O)O[C@@H](O)c1ccccc1C=O. The van der Waals surface area contributed by atoms with Crippen molar-refractivity contribution in [1.29, 1.82) is 0 Å². The van der Waals surface area contributed by atoms with Crippen molar-refractivity contribution < 1.29 is 19.4 Å². The summed E-state index contributed by atoms with van der Waals surface area (Å²) >= 11 is 0. The van der Waals surface area contributed by atoms with Gasteiger partial charge in [0.2, 0.25) is 6.29 Å². The highest BCUT2D eigenvalue weighted by atomic mass is 16.6. The highest BCUT2D eigenvalue weighted by molar-refractivity contribution is 6.01. The zero-order valence-electron chi connectivity index (χ0n) is 26.1. The van der Waals surface area contributed by atoms with Gasteiger partial charge in [-0.05, 0) is 56.6 Å². The molecule has 2 aliphatic heterocycles. The van der Waals surface area contributed by atoms with Gasteiger partial charge in [-0.2, -0.15) is 0 Å². The molecule has 0 radical (unpaired) electrons. The van der Waals surface area contributed by atoms with Gasteiger partial charge in [-0.25, -0.2) is 15.0 Å². The Hall–Kier alpha value is -4.28. The van der Waals surface area contributed by atoms with Gasteiger partial charge in [0, 0.05) is 41.8 Å². The maximum absolute atomic E-state index is 12.8. The van der Waals surface area contributed by atoms with Crippen LogP contribution < -0.4 is 14.9 Å². The van der Waals surface area contributed by atoms with Crippen LogP contribution in [0, 0.1) is 0 Å². The van der Waals surface area contributed by atoms with Crippen LogP contribution in [0.15, 0.2) is 60.9 Å². The second-order valence-corrected chi connectivity index (χ2v) is 11.6. The van der Waals surface area contributed by atoms with Gasteiger partial charge in [-0.3, -0.25) is 14.5 Å². The lowest BCUT2D eigenvalue weighted by Crippen LogP contribution is -2.44. The second kappa shape index (κ2) is 15.6. The van der Waals surface area contributed by atoms with E-state index in [9.17, 15) is 14.7 Å². The maximum Gasteiger partial charge on any atom is 0.311 e. The highest BCUT2D eigenvalue weighted by Gasteiger charge is 2.47. The summed E-state index contributed by atoms with van der Waals surface area (Å²) in [7, 11) is 0. The number of nitrogens with one attached hydrogen (secondary N) is 2. The van der Waals surface area contributed by atoms with Crippen molar-refractivity contribution in [3.8, 4) is 0 Å². The number of nitrogens with zero attached hydrogens (tertiary/aromatic N) is 5. The minimum absolute atomic E-state index is 0.141. The van der Waals surface area contributed by atoms with E-state index >= 15 is 0 Å². The van der Waals surface area contributed by atoms with Crippen LogP contribution in [0.2, 0.25) is 0 Å². The predicted octanol–water partition coefficient (Wildman–Crippen LogP) is 3.19. The molecular weight excluding hydrogens is 570 g/mol. The number of imidazole rings is 1. The molecule has 2 aromatic carbocycles. The summed E-state index contributed by atoms with van der Waals surface area (Å²) in [5.74, 6) is 1.29. The summed E-state index contributed by atoms with van der Waals surface area (Å²) in [6.07, 6.45) is 7.83. The quantitative estimate of drug-likeness (QED) is 0.0613. The molecule has 0 saturated carbocycles. The first kappa shape index (κ1) is 32.1. The predicted molar refractivity (Wildman–Crippen MR) is 175 cm³/mol. The Kier molecular flexibility index (Phi) is 11.2. The molecular formula is C34H44N7O4+. The largest absolute Gasteiger partial charge is 0.431 e. The van der Waals surface area contributed by atoms with Crippen LogP contribution in [0.25, 0.3) is 0 Å². The standard InChI is InChI=1S/C34H43N7O4/c1-3-17-39(18-4-2)19-13-29-33(41(29)20-14-32(43)45-34(44)28-8-6-5-7-26(28)23-42)25-9-11-27(12-10-25)40(22-31-37-24-38-31)21-30-35-15-16-36-30/h5-12,15-16,23-24,29,33-34,44H,3-4,13-14,17-22H2,1-2H3,(H,35,36)/p+1/t29?,33?,34-,41?/m1/s1. The summed E-state index contributed by atoms with van der Waals surface area (Å²) in [4.78, 5) is 38.8. The highest BCUT2D eigenvalue weighted by Crippen LogP contribution is 2.45. The number of hydrogen-bond donors (Lipinski definition) is 3. The van der Waals surface area contributed by atoms with Crippen molar-refractivity contribution in [3.05, 3.63) is 83.4 Å². The average Bonchev–Trinajstić information content (AvgIpc) is 3.47. The Balaban J connectivity index is 1.25. The van der Waals surface area contributed by atoms with Crippen molar-refractivity contribution in [2.45, 2.75) is 64.4 Å². The first-order valence-electron chi connectivity index (χ1n) is 15.9. The number of aldehydes is 1. The molecule has 238 valence electrons. The average molecular weight is 615 g/mol. The Bertz CT molecular complexity index is 1460. The number of aromatic amines is 1. The van der Waals surface area contributed by atoms with Crippen LogP contribution in [0.5, 0.6) is 0 Å². The van der Waals surface area contributed by atoms with Crippen LogP contribution in [0.4, 0.5) is 5.69 Å². The van der Waals surface area contributed by atoms with Crippen molar-refractivity contribution in [2.24, 2.45) is 0 Å². The Morgan fingerprint density at radius 1 is 1.11 bits per heavy atom. The zero-order chi connectivity index (χ0) is 31.6. The van der Waals surface area contributed by atoms with Gasteiger partial charge in [0.05, 0.1) is 19.0 Å². The fourth-order valence-electron chi connectivity index (χ4n) is 6.08. The Morgan fingerprint density at radius 2 is 1.87 bits per heavy atom. The lowest BCUT2D eigenvalue weighted by molar-refractivity contribution is -0.169. The molecule has 1 aromatic heterocycles. The van der Waals surface area contributed by atoms with Gasteiger partial charge in [-0.15, -0.1) is 0 Å². The molecule has 0 amide bonds. The van der Waals surface area contributed by atoms with Crippen molar-refractivity contribution in [1.82, 2.24) is 29.8 Å². The molecule has 4 atom stereocenters. The van der Waals surface area contributed by atoms with Gasteiger partial charge in [0.1, 0.15) is 12.4 Å². The van der Waals surface area contributed by atoms with Crippen molar-refractivity contribution in [3.63, 3.8) is 0 Å². The van der Waals surface area contributed by atoms with E-state index in [1.54, 1.807) is 36.8 Å². The monoisotopic (exact) mass is 614 g/mol. The number of amidine groups is 1. The molecule has 0 spiro atoms. The molecule has 0 bridgehead atoms. The summed E-state index contributed by atoms with van der Waals surface area (Å²) in [5, 5.41) is 13.6. The molecule has 0 aliphatic carbocycles. The number of H-pyrrole nitrogens is 1. The molecule has 3 heterocycles. The zero-order valence-corrected chi connectivity index (χ0v) is 26.1. The number of benzene rings is 2. The van der Waals surface area contributed by atoms with E-state index in [0.29, 0.717) is 37.5 Å². The third-order valence-electron chi connectivity index (χ3n) is 8.37. The number of anilines is 1. The van der Waals surface area contributed by atoms with Crippen LogP contribution in [0.1, 0.15) is 79.2 Å². The third kappa shape index (κ3) is 8.46. The van der Waals surface area contributed by atoms with Crippen LogP contribution in [-0.2, 0) is 16.1 Å². The minimum atomic E-state index is -1.48. The summed E-state index contributed by atoms with van der Waals surface area (Å²) < 4.78 is 9.63. The molecule has 3 unspecified atom stereocenters. The van der Waals surface area contributed by atoms with E-state index in [1.807, 2.05) is 6.20 Å². The van der Waals surface area contributed by atoms with Crippen molar-refractivity contribution >= 4 is 30.1 Å². The third-order valence-corrected chi connectivity index (χ3v) is 8.37. The fourth-order valence-corrected chi connectivity index (χ4v) is 6.08. The number of aromatic nitrogens is 2. The van der Waals surface area contributed by atoms with E-state index < -0.39 is 12.3 Å². The first-order valence-corrected chi connectivity index (χ1v) is 15.9. The molecule has 2 aliphatic rings. The molecule has 1 fully saturated rings. The molecule has 1 saturated heterocycles. The number of esters is 1. The molecule has 11 nitrogen and oxygen atoms in total. The number of rotatable bonds is 19. The van der Waals surface area contributed by atoms with Gasteiger partial charge in [0.25, 0.3) is 6.34 Å². The number of aliphatic hydroxyl groups excluding tert-OH is 1. The lowest BCUT2D eigenvalue weighted by Gasteiger charge is -2.23. The number of ether oxygens (including phenoxy) is 1. The fraction of sp³-hybridized carbons (Fsp3) is 0.441. The van der Waals surface area contributed by atoms with Gasteiger partial charge >= 0.3 is 11.8 Å². The minimum Gasteiger partial charge on any atom is -0.431 e. The van der Waals surface area contributed by atoms with Crippen molar-refractivity contribution in [2.75, 3.05) is 37.6 Å². The molecule has 3 aromatic rings. The lowest BCUT2D eigenvalue weighted by atomic mass is 10.1. The number of aliphatic hydroxyl groups is 1. The van der Waals surface area contributed by atoms with E-state index in [-0.39, 0.29) is 18.0 Å². The van der Waals surface area contributed by atoms with Gasteiger partial charge in [-0.1, -0.05) is 50.2 Å². The van der Waals surface area contributed by atoms with Crippen LogP contribution >= 0.6 is 0 Å². The van der Waals surface area contributed by atoms with E-state index in [4.69, 9.17) is 4.74 Å². The Labute approximate surface area is 264 Å². The smallest absolute Gasteiger partial charge is 0.311 e. The topological polar surface area (TPSA) is 128 Å². The normalized spacial score (nSPS) is 18.9. The molecule has 3 N–H and O–H groups in total. The molecule has 11 heteroatoms. The first-order chi connectivity index (χ1) is 22.0. The number of carbonyl (C=O) groups is 2. The second-order valence-electron chi connectivity index (χ2n) is 11.6. The van der Waals surface area contributed by atoms with E-state index in [2.05, 4.69) is 72.8 Å². The molecule has 5 rings (SSSR count). The number of carbonyl (C=O) groups excluding carboxylic acids is 2. The van der Waals surface area contributed by atoms with E-state index in [0.717, 1.165) is 56.2 Å². The Morgan fingerprint density at radius 3 is 2.51 bits per heavy atom. The van der Waals surface area contributed by atoms with E-state index in [1.165, 1.54) is 5.56 Å². The number of hydrogen-bond acceptors (Lipinski definition) is 9. The summed E-state index contributed by atoms with van der Waals surface area (Å²) in [5.41, 5.74) is 2.87.